The van der Waals surface area contributed by atoms with Gasteiger partial charge in [-0.15, -0.1) is 0 Å². The van der Waals surface area contributed by atoms with E-state index in [4.69, 9.17) is 0 Å². The molecule has 1 aliphatic rings. The van der Waals surface area contributed by atoms with Gasteiger partial charge in [-0.25, -0.2) is 0 Å². The van der Waals surface area contributed by atoms with E-state index in [2.05, 4.69) is 27.7 Å². The molecule has 0 aliphatic heterocycles. The molecule has 1 N–H and O–H groups in total. The normalized spacial score (nSPS) is 31.3. The Morgan fingerprint density at radius 2 is 2.00 bits per heavy atom. The predicted molar refractivity (Wildman–Crippen MR) is 70.4 cm³/mol. The summed E-state index contributed by atoms with van der Waals surface area (Å²) in [7, 11) is 0. The van der Waals surface area contributed by atoms with Gasteiger partial charge in [-0.3, -0.25) is 0 Å². The highest BCUT2D eigenvalue weighted by atomic mass is 16.3. The van der Waals surface area contributed by atoms with Crippen LogP contribution < -0.4 is 0 Å². The molecule has 0 heterocycles. The topological polar surface area (TPSA) is 20.2 Å². The van der Waals surface area contributed by atoms with Crippen molar-refractivity contribution < 1.29 is 5.11 Å². The van der Waals surface area contributed by atoms with Crippen molar-refractivity contribution in [1.82, 2.24) is 0 Å². The van der Waals surface area contributed by atoms with Gasteiger partial charge in [-0.2, -0.15) is 0 Å². The summed E-state index contributed by atoms with van der Waals surface area (Å²) in [5.41, 5.74) is 0.490. The van der Waals surface area contributed by atoms with Crippen LogP contribution in [0.25, 0.3) is 0 Å². The fourth-order valence-electron chi connectivity index (χ4n) is 3.56. The predicted octanol–water partition coefficient (Wildman–Crippen LogP) is 4.39. The third-order valence-corrected chi connectivity index (χ3v) is 4.60. The highest BCUT2D eigenvalue weighted by Crippen LogP contribution is 2.46. The standard InChI is InChI=1S/C15H30O/c1-5-7-13(16)9-10-14-12(2)8-6-11-15(14,3)4/h12-14,16H,5-11H2,1-4H3/t12-,13+,14-/m0/s1. The van der Waals surface area contributed by atoms with Crippen LogP contribution in [0.3, 0.4) is 0 Å². The lowest BCUT2D eigenvalue weighted by Crippen LogP contribution is -2.34. The largest absolute Gasteiger partial charge is 0.393 e. The Bertz CT molecular complexity index is 198. The minimum absolute atomic E-state index is 0.0603. The average molecular weight is 226 g/mol. The van der Waals surface area contributed by atoms with Gasteiger partial charge in [0.05, 0.1) is 6.10 Å². The molecule has 96 valence electrons. The molecule has 0 spiro atoms. The first-order valence-electron chi connectivity index (χ1n) is 7.15. The number of rotatable bonds is 5. The Kier molecular flexibility index (Phi) is 5.30. The maximum Gasteiger partial charge on any atom is 0.0540 e. The van der Waals surface area contributed by atoms with Gasteiger partial charge >= 0.3 is 0 Å². The van der Waals surface area contributed by atoms with Crippen molar-refractivity contribution in [1.29, 1.82) is 0 Å². The molecule has 0 unspecified atom stereocenters. The quantitative estimate of drug-likeness (QED) is 0.737. The fraction of sp³-hybridized carbons (Fsp3) is 1.00. The van der Waals surface area contributed by atoms with E-state index in [9.17, 15) is 5.11 Å². The third kappa shape index (κ3) is 3.76. The van der Waals surface area contributed by atoms with Crippen LogP contribution in [-0.4, -0.2) is 11.2 Å². The van der Waals surface area contributed by atoms with Gasteiger partial charge < -0.3 is 5.11 Å². The first-order chi connectivity index (χ1) is 7.47. The minimum Gasteiger partial charge on any atom is -0.393 e. The van der Waals surface area contributed by atoms with Crippen LogP contribution in [0.2, 0.25) is 0 Å². The van der Waals surface area contributed by atoms with Gasteiger partial charge in [-0.05, 0) is 42.9 Å². The zero-order chi connectivity index (χ0) is 12.2. The van der Waals surface area contributed by atoms with E-state index in [1.807, 2.05) is 0 Å². The maximum atomic E-state index is 9.84. The minimum atomic E-state index is -0.0603. The van der Waals surface area contributed by atoms with Crippen molar-refractivity contribution in [3.05, 3.63) is 0 Å². The van der Waals surface area contributed by atoms with Crippen LogP contribution in [0, 0.1) is 17.3 Å². The summed E-state index contributed by atoms with van der Waals surface area (Å²) >= 11 is 0. The van der Waals surface area contributed by atoms with Crippen molar-refractivity contribution in [2.24, 2.45) is 17.3 Å². The van der Waals surface area contributed by atoms with E-state index in [1.54, 1.807) is 0 Å². The van der Waals surface area contributed by atoms with Crippen LogP contribution >= 0.6 is 0 Å². The Labute approximate surface area is 102 Å². The number of hydrogen-bond acceptors (Lipinski definition) is 1. The second kappa shape index (κ2) is 6.05. The molecule has 0 amide bonds. The summed E-state index contributed by atoms with van der Waals surface area (Å²) in [6, 6.07) is 0. The molecule has 1 aliphatic carbocycles. The van der Waals surface area contributed by atoms with Crippen LogP contribution in [0.4, 0.5) is 0 Å². The summed E-state index contributed by atoms with van der Waals surface area (Å²) in [6.45, 7) is 9.38. The van der Waals surface area contributed by atoms with Gasteiger partial charge in [-0.1, -0.05) is 47.0 Å². The molecule has 3 atom stereocenters. The molecule has 1 fully saturated rings. The highest BCUT2D eigenvalue weighted by Gasteiger charge is 2.36. The lowest BCUT2D eigenvalue weighted by atomic mass is 9.62. The first kappa shape index (κ1) is 14.0. The van der Waals surface area contributed by atoms with Gasteiger partial charge in [0.25, 0.3) is 0 Å². The van der Waals surface area contributed by atoms with E-state index in [0.29, 0.717) is 5.41 Å². The molecule has 1 rings (SSSR count). The fourth-order valence-corrected chi connectivity index (χ4v) is 3.56. The molecule has 0 aromatic rings. The summed E-state index contributed by atoms with van der Waals surface area (Å²) in [4.78, 5) is 0. The Hall–Kier alpha value is -0.0400. The molecule has 16 heavy (non-hydrogen) atoms. The summed E-state index contributed by atoms with van der Waals surface area (Å²) in [5, 5.41) is 9.84. The Morgan fingerprint density at radius 3 is 2.56 bits per heavy atom. The molecule has 0 aromatic carbocycles. The molecule has 0 radical (unpaired) electrons. The number of hydrogen-bond donors (Lipinski definition) is 1. The van der Waals surface area contributed by atoms with Crippen molar-refractivity contribution >= 4 is 0 Å². The van der Waals surface area contributed by atoms with Crippen molar-refractivity contribution in [3.63, 3.8) is 0 Å². The monoisotopic (exact) mass is 226 g/mol. The summed E-state index contributed by atoms with van der Waals surface area (Å²) in [5.74, 6) is 1.66. The van der Waals surface area contributed by atoms with E-state index < -0.39 is 0 Å². The Balaban J connectivity index is 2.43. The summed E-state index contributed by atoms with van der Waals surface area (Å²) in [6.07, 6.45) is 8.38. The van der Waals surface area contributed by atoms with Gasteiger partial charge in [0.15, 0.2) is 0 Å². The number of aliphatic hydroxyl groups is 1. The SMILES string of the molecule is CCC[C@@H](O)CC[C@H]1[C@@H](C)CCCC1(C)C. The van der Waals surface area contributed by atoms with Gasteiger partial charge in [0.1, 0.15) is 0 Å². The van der Waals surface area contributed by atoms with E-state index in [0.717, 1.165) is 31.1 Å². The highest BCUT2D eigenvalue weighted by molar-refractivity contribution is 4.86. The molecule has 0 saturated heterocycles. The molecular weight excluding hydrogens is 196 g/mol. The van der Waals surface area contributed by atoms with Crippen molar-refractivity contribution in [2.45, 2.75) is 78.7 Å². The zero-order valence-corrected chi connectivity index (χ0v) is 11.6. The lowest BCUT2D eigenvalue weighted by Gasteiger charge is -2.43. The lowest BCUT2D eigenvalue weighted by molar-refractivity contribution is 0.0560. The molecule has 0 aromatic heterocycles. The molecule has 0 bridgehead atoms. The smallest absolute Gasteiger partial charge is 0.0540 e. The first-order valence-corrected chi connectivity index (χ1v) is 7.15. The molecule has 1 heteroatoms. The van der Waals surface area contributed by atoms with Gasteiger partial charge in [0, 0.05) is 0 Å². The van der Waals surface area contributed by atoms with Crippen LogP contribution in [0.1, 0.15) is 72.6 Å². The van der Waals surface area contributed by atoms with Crippen LogP contribution in [0.15, 0.2) is 0 Å². The van der Waals surface area contributed by atoms with Crippen molar-refractivity contribution in [3.8, 4) is 0 Å². The second-order valence-electron chi connectivity index (χ2n) is 6.48. The van der Waals surface area contributed by atoms with Gasteiger partial charge in [0.2, 0.25) is 0 Å². The number of aliphatic hydroxyl groups excluding tert-OH is 1. The second-order valence-corrected chi connectivity index (χ2v) is 6.48. The van der Waals surface area contributed by atoms with Crippen LogP contribution in [0.5, 0.6) is 0 Å². The molecule has 1 saturated carbocycles. The van der Waals surface area contributed by atoms with Crippen molar-refractivity contribution in [2.75, 3.05) is 0 Å². The van der Waals surface area contributed by atoms with Crippen LogP contribution in [-0.2, 0) is 0 Å². The van der Waals surface area contributed by atoms with E-state index >= 15 is 0 Å². The Morgan fingerprint density at radius 1 is 1.31 bits per heavy atom. The summed E-state index contributed by atoms with van der Waals surface area (Å²) < 4.78 is 0. The zero-order valence-electron chi connectivity index (χ0n) is 11.6. The molecular formula is C15H30O. The van der Waals surface area contributed by atoms with E-state index in [-0.39, 0.29) is 6.10 Å². The van der Waals surface area contributed by atoms with E-state index in [1.165, 1.54) is 25.7 Å². The average Bonchev–Trinajstić information content (AvgIpc) is 2.16. The molecule has 1 nitrogen and oxygen atoms in total. The third-order valence-electron chi connectivity index (χ3n) is 4.60. The maximum absolute atomic E-state index is 9.84.